The number of ketones is 1. The van der Waals surface area contributed by atoms with Crippen molar-refractivity contribution in [3.63, 3.8) is 0 Å². The zero-order valence-electron chi connectivity index (χ0n) is 20.0. The van der Waals surface area contributed by atoms with E-state index in [2.05, 4.69) is 29.6 Å². The maximum atomic E-state index is 12.7. The smallest absolute Gasteiger partial charge is 0.252 e. The molecule has 0 saturated carbocycles. The average molecular weight is 483 g/mol. The van der Waals surface area contributed by atoms with E-state index in [9.17, 15) is 14.4 Å². The third-order valence-corrected chi connectivity index (χ3v) is 6.39. The van der Waals surface area contributed by atoms with Crippen LogP contribution >= 0.6 is 0 Å². The number of nitrogens with zero attached hydrogens (tertiary/aromatic N) is 1. The van der Waals surface area contributed by atoms with Crippen LogP contribution in [0.3, 0.4) is 0 Å². The van der Waals surface area contributed by atoms with Crippen LogP contribution in [-0.2, 0) is 20.8 Å². The second kappa shape index (κ2) is 9.70. The fourth-order valence-electron chi connectivity index (χ4n) is 4.43. The molecule has 1 unspecified atom stereocenters. The van der Waals surface area contributed by atoms with Gasteiger partial charge in [0.15, 0.2) is 11.9 Å². The zero-order chi connectivity index (χ0) is 25.2. The fourth-order valence-corrected chi connectivity index (χ4v) is 4.43. The first-order valence-electron chi connectivity index (χ1n) is 11.8. The number of carbonyl (C=O) groups excluding carboxylic acids is 3. The van der Waals surface area contributed by atoms with Crippen LogP contribution in [0, 0.1) is 0 Å². The Morgan fingerprint density at radius 2 is 1.75 bits per heavy atom. The van der Waals surface area contributed by atoms with E-state index in [-0.39, 0.29) is 17.6 Å². The molecule has 0 spiro atoms. The molecular weight excluding hydrogens is 456 g/mol. The minimum Gasteiger partial charge on any atom is -0.497 e. The van der Waals surface area contributed by atoms with Gasteiger partial charge in [-0.15, -0.1) is 0 Å². The summed E-state index contributed by atoms with van der Waals surface area (Å²) in [6.07, 6.45) is 3.03. The van der Waals surface area contributed by atoms with E-state index in [0.717, 1.165) is 11.3 Å². The number of carbonyl (C=O) groups is 3. The molecule has 0 bridgehead atoms. The number of hydrogen-bond donors (Lipinski definition) is 1. The first kappa shape index (κ1) is 23.4. The number of ether oxygens (including phenoxy) is 2. The van der Waals surface area contributed by atoms with Crippen molar-refractivity contribution in [1.82, 2.24) is 5.32 Å². The molecule has 4 aliphatic rings. The summed E-state index contributed by atoms with van der Waals surface area (Å²) in [7, 11) is 1.57. The molecule has 1 fully saturated rings. The molecule has 7 heteroatoms. The van der Waals surface area contributed by atoms with Gasteiger partial charge in [0.25, 0.3) is 5.91 Å². The monoisotopic (exact) mass is 482 g/mol. The minimum absolute atomic E-state index is 0.179. The molecule has 0 aromatic heterocycles. The lowest BCUT2D eigenvalue weighted by molar-refractivity contribution is -0.131. The van der Waals surface area contributed by atoms with E-state index >= 15 is 0 Å². The normalized spacial score (nSPS) is 20.4. The van der Waals surface area contributed by atoms with E-state index in [0.29, 0.717) is 17.9 Å². The van der Waals surface area contributed by atoms with Crippen molar-refractivity contribution < 1.29 is 23.9 Å². The molecule has 0 radical (unpaired) electrons. The van der Waals surface area contributed by atoms with Gasteiger partial charge in [-0.3, -0.25) is 14.4 Å². The van der Waals surface area contributed by atoms with E-state index in [1.54, 1.807) is 42.4 Å². The number of hydrogen-bond acceptors (Lipinski definition) is 5. The molecule has 1 saturated heterocycles. The summed E-state index contributed by atoms with van der Waals surface area (Å²) in [6.45, 7) is 1.36. The number of amides is 2. The molecule has 2 aliphatic carbocycles. The maximum Gasteiger partial charge on any atom is 0.252 e. The quantitative estimate of drug-likeness (QED) is 0.335. The molecule has 36 heavy (non-hydrogen) atoms. The molecule has 2 heterocycles. The second-order valence-corrected chi connectivity index (χ2v) is 8.84. The minimum atomic E-state index is -0.713. The Morgan fingerprint density at radius 3 is 2.33 bits per heavy atom. The van der Waals surface area contributed by atoms with Crippen molar-refractivity contribution in [2.45, 2.75) is 31.5 Å². The van der Waals surface area contributed by atoms with E-state index in [1.807, 2.05) is 24.3 Å². The first-order valence-corrected chi connectivity index (χ1v) is 11.8. The van der Waals surface area contributed by atoms with Crippen LogP contribution in [0.4, 0.5) is 5.69 Å². The van der Waals surface area contributed by atoms with Crippen molar-refractivity contribution in [2.75, 3.05) is 12.0 Å². The highest BCUT2D eigenvalue weighted by Gasteiger charge is 2.47. The van der Waals surface area contributed by atoms with Crippen LogP contribution < -0.4 is 19.7 Å². The van der Waals surface area contributed by atoms with E-state index in [4.69, 9.17) is 9.47 Å². The SMILES string of the molecule is COc1ccc(N2C(=O)[C@@H](NC(C)=O)[C@H]2C=CC(=O)C2Cc3ccccc3O2)cc1.c1cc2cc-2c1. The largest absolute Gasteiger partial charge is 0.497 e. The number of anilines is 1. The third kappa shape index (κ3) is 4.73. The Kier molecular flexibility index (Phi) is 6.29. The molecular formula is C29H26N2O5. The number of nitrogens with one attached hydrogen (secondary N) is 1. The highest BCUT2D eigenvalue weighted by molar-refractivity contribution is 6.08. The highest BCUT2D eigenvalue weighted by atomic mass is 16.5. The molecule has 182 valence electrons. The Labute approximate surface area is 209 Å². The first-order chi connectivity index (χ1) is 17.4. The standard InChI is InChI=1S/C23H22N2O5.C6H4/c1-14(26)24-22-18(25(23(22)28)16-7-9-17(29-2)10-8-16)11-12-19(27)21-13-15-5-3-4-6-20(15)30-21;1-2-5-4-6(5)3-1/h3-12,18,21-22H,13H2,1-2H3,(H,24,26);1-4H/t18-,21?,22+;/m1./s1. The van der Waals surface area contributed by atoms with Crippen LogP contribution in [0.15, 0.2) is 84.9 Å². The van der Waals surface area contributed by atoms with Gasteiger partial charge in [0.2, 0.25) is 5.91 Å². The maximum absolute atomic E-state index is 12.7. The van der Waals surface area contributed by atoms with Crippen LogP contribution in [0.2, 0.25) is 0 Å². The molecule has 3 atom stereocenters. The Bertz CT molecular complexity index is 1310. The van der Waals surface area contributed by atoms with Crippen molar-refractivity contribution >= 4 is 23.3 Å². The number of methoxy groups -OCH3 is 1. The van der Waals surface area contributed by atoms with Gasteiger partial charge in [0, 0.05) is 19.0 Å². The van der Waals surface area contributed by atoms with Crippen molar-refractivity contribution in [3.8, 4) is 22.6 Å². The van der Waals surface area contributed by atoms with Gasteiger partial charge in [-0.25, -0.2) is 0 Å². The number of β-lactam (4-membered cyclic amide) rings is 1. The Morgan fingerprint density at radius 1 is 1.03 bits per heavy atom. The van der Waals surface area contributed by atoms with Crippen molar-refractivity contribution in [2.24, 2.45) is 0 Å². The van der Waals surface area contributed by atoms with Crippen LogP contribution in [0.25, 0.3) is 11.1 Å². The molecule has 6 rings (SSSR count). The van der Waals surface area contributed by atoms with E-state index < -0.39 is 18.2 Å². The summed E-state index contributed by atoms with van der Waals surface area (Å²) < 4.78 is 10.9. The fraction of sp³-hybridized carbons (Fsp3) is 0.207. The number of para-hydroxylation sites is 1. The summed E-state index contributed by atoms with van der Waals surface area (Å²) in [5, 5.41) is 2.66. The van der Waals surface area contributed by atoms with Gasteiger partial charge < -0.3 is 19.7 Å². The number of rotatable bonds is 6. The summed E-state index contributed by atoms with van der Waals surface area (Å²) in [6, 6.07) is 21.9. The lowest BCUT2D eigenvalue weighted by Crippen LogP contribution is -2.70. The van der Waals surface area contributed by atoms with Gasteiger partial charge in [-0.05, 0) is 59.2 Å². The average Bonchev–Trinajstić information content (AvgIpc) is 3.27. The molecule has 2 aromatic carbocycles. The summed E-state index contributed by atoms with van der Waals surface area (Å²) in [5.74, 6) is 0.676. The second-order valence-electron chi connectivity index (χ2n) is 8.84. The van der Waals surface area contributed by atoms with Crippen LogP contribution in [0.1, 0.15) is 12.5 Å². The molecule has 2 aliphatic heterocycles. The number of benzene rings is 3. The van der Waals surface area contributed by atoms with Gasteiger partial charge >= 0.3 is 0 Å². The van der Waals surface area contributed by atoms with Gasteiger partial charge in [0.05, 0.1) is 13.2 Å². The topological polar surface area (TPSA) is 84.9 Å². The number of fused-ring (bicyclic) bond motifs is 2. The molecule has 7 nitrogen and oxygen atoms in total. The molecule has 2 amide bonds. The lowest BCUT2D eigenvalue weighted by Gasteiger charge is -2.45. The zero-order valence-corrected chi connectivity index (χ0v) is 20.0. The third-order valence-electron chi connectivity index (χ3n) is 6.39. The predicted molar refractivity (Wildman–Crippen MR) is 136 cm³/mol. The molecule has 2 aromatic rings. The highest BCUT2D eigenvalue weighted by Crippen LogP contribution is 2.33. The Hall–Kier alpha value is -4.39. The summed E-state index contributed by atoms with van der Waals surface area (Å²) in [4.78, 5) is 38.4. The lowest BCUT2D eigenvalue weighted by atomic mass is 9.92. The molecule has 1 N–H and O–H groups in total. The van der Waals surface area contributed by atoms with E-state index in [1.165, 1.54) is 24.1 Å². The van der Waals surface area contributed by atoms with Gasteiger partial charge in [-0.1, -0.05) is 42.5 Å². The van der Waals surface area contributed by atoms with Crippen LogP contribution in [-0.4, -0.2) is 42.9 Å². The Balaban J connectivity index is 0.000000382. The van der Waals surface area contributed by atoms with Gasteiger partial charge in [0.1, 0.15) is 17.5 Å². The predicted octanol–water partition coefficient (Wildman–Crippen LogP) is 3.71. The summed E-state index contributed by atoms with van der Waals surface area (Å²) in [5.41, 5.74) is 4.51. The van der Waals surface area contributed by atoms with Crippen molar-refractivity contribution in [3.05, 3.63) is 90.5 Å². The van der Waals surface area contributed by atoms with Gasteiger partial charge in [-0.2, -0.15) is 0 Å². The van der Waals surface area contributed by atoms with Crippen molar-refractivity contribution in [1.29, 1.82) is 0 Å². The van der Waals surface area contributed by atoms with Crippen LogP contribution in [0.5, 0.6) is 11.5 Å². The summed E-state index contributed by atoms with van der Waals surface area (Å²) >= 11 is 0.